The summed E-state index contributed by atoms with van der Waals surface area (Å²) in [5.74, 6) is 0.834. The van der Waals surface area contributed by atoms with Gasteiger partial charge in [-0.05, 0) is 37.6 Å². The fourth-order valence-corrected chi connectivity index (χ4v) is 3.38. The summed E-state index contributed by atoms with van der Waals surface area (Å²) in [6, 6.07) is 14.6. The normalized spacial score (nSPS) is 11.1. The highest BCUT2D eigenvalue weighted by molar-refractivity contribution is 7.98. The van der Waals surface area contributed by atoms with Crippen molar-refractivity contribution >= 4 is 28.4 Å². The lowest BCUT2D eigenvalue weighted by Crippen LogP contribution is -1.96. The smallest absolute Gasteiger partial charge is 0.0805 e. The Morgan fingerprint density at radius 1 is 1.19 bits per heavy atom. The Morgan fingerprint density at radius 3 is 2.76 bits per heavy atom. The molecular formula is C17H19N3S. The minimum Gasteiger partial charge on any atom is -0.398 e. The molecule has 3 nitrogen and oxygen atoms in total. The van der Waals surface area contributed by atoms with E-state index in [-0.39, 0.29) is 0 Å². The van der Waals surface area contributed by atoms with Gasteiger partial charge in [0, 0.05) is 28.3 Å². The molecule has 3 aromatic rings. The molecule has 108 valence electrons. The predicted octanol–water partition coefficient (Wildman–Crippen LogP) is 4.24. The van der Waals surface area contributed by atoms with Crippen LogP contribution in [0.25, 0.3) is 10.9 Å². The van der Waals surface area contributed by atoms with Crippen molar-refractivity contribution in [3.05, 3.63) is 53.7 Å². The third-order valence-electron chi connectivity index (χ3n) is 3.56. The number of fused-ring (bicyclic) bond motifs is 1. The minimum absolute atomic E-state index is 0.834. The van der Waals surface area contributed by atoms with Crippen LogP contribution in [0.1, 0.15) is 18.2 Å². The number of nitrogen functional groups attached to an aromatic ring is 1. The van der Waals surface area contributed by atoms with Gasteiger partial charge in [-0.15, -0.1) is 11.8 Å². The second-order valence-corrected chi connectivity index (χ2v) is 6.13. The van der Waals surface area contributed by atoms with E-state index in [9.17, 15) is 0 Å². The van der Waals surface area contributed by atoms with E-state index in [0.29, 0.717) is 0 Å². The van der Waals surface area contributed by atoms with Gasteiger partial charge in [-0.1, -0.05) is 24.3 Å². The number of nitrogens with two attached hydrogens (primary N) is 1. The van der Waals surface area contributed by atoms with Crippen LogP contribution in [0.3, 0.4) is 0 Å². The van der Waals surface area contributed by atoms with Crippen molar-refractivity contribution in [2.45, 2.75) is 31.0 Å². The van der Waals surface area contributed by atoms with Gasteiger partial charge in [0.2, 0.25) is 0 Å². The van der Waals surface area contributed by atoms with E-state index < -0.39 is 0 Å². The molecule has 0 saturated carbocycles. The number of benzene rings is 2. The second-order valence-electron chi connectivity index (χ2n) is 5.11. The molecule has 0 spiro atoms. The van der Waals surface area contributed by atoms with Gasteiger partial charge in [0.15, 0.2) is 0 Å². The average Bonchev–Trinajstić information content (AvgIpc) is 2.85. The molecule has 0 saturated heterocycles. The number of nitrogens with zero attached hydrogens (tertiary/aromatic N) is 2. The van der Waals surface area contributed by atoms with E-state index in [1.165, 1.54) is 16.5 Å². The third kappa shape index (κ3) is 2.76. The maximum Gasteiger partial charge on any atom is 0.0805 e. The van der Waals surface area contributed by atoms with Gasteiger partial charge in [0.05, 0.1) is 11.2 Å². The van der Waals surface area contributed by atoms with Gasteiger partial charge < -0.3 is 5.73 Å². The zero-order valence-corrected chi connectivity index (χ0v) is 13.2. The first-order chi connectivity index (χ1) is 10.2. The molecule has 21 heavy (non-hydrogen) atoms. The summed E-state index contributed by atoms with van der Waals surface area (Å²) in [7, 11) is 0. The van der Waals surface area contributed by atoms with E-state index in [2.05, 4.69) is 54.9 Å². The molecule has 0 aliphatic carbocycles. The van der Waals surface area contributed by atoms with Crippen LogP contribution in [-0.4, -0.2) is 9.78 Å². The van der Waals surface area contributed by atoms with Crippen molar-refractivity contribution in [3.63, 3.8) is 0 Å². The Bertz CT molecular complexity index is 777. The molecule has 3 rings (SSSR count). The third-order valence-corrected chi connectivity index (χ3v) is 4.66. The van der Waals surface area contributed by atoms with Crippen molar-refractivity contribution in [3.8, 4) is 0 Å². The summed E-state index contributed by atoms with van der Waals surface area (Å²) < 4.78 is 2.06. The van der Waals surface area contributed by atoms with Crippen LogP contribution < -0.4 is 5.73 Å². The topological polar surface area (TPSA) is 43.8 Å². The van der Waals surface area contributed by atoms with E-state index in [0.717, 1.165) is 28.6 Å². The molecule has 2 N–H and O–H groups in total. The highest BCUT2D eigenvalue weighted by Crippen LogP contribution is 2.30. The summed E-state index contributed by atoms with van der Waals surface area (Å²) in [6.45, 7) is 5.06. The molecule has 1 heterocycles. The van der Waals surface area contributed by atoms with E-state index in [4.69, 9.17) is 10.8 Å². The predicted molar refractivity (Wildman–Crippen MR) is 90.6 cm³/mol. The molecule has 0 aliphatic heterocycles. The largest absolute Gasteiger partial charge is 0.398 e. The number of aromatic nitrogens is 2. The van der Waals surface area contributed by atoms with E-state index >= 15 is 0 Å². The van der Waals surface area contributed by atoms with E-state index in [1.54, 1.807) is 11.8 Å². The van der Waals surface area contributed by atoms with Gasteiger partial charge in [-0.2, -0.15) is 5.10 Å². The van der Waals surface area contributed by atoms with Crippen LogP contribution in [0.4, 0.5) is 5.69 Å². The Hall–Kier alpha value is -1.94. The number of aryl methyl sites for hydroxylation is 2. The van der Waals surface area contributed by atoms with Crippen molar-refractivity contribution in [1.29, 1.82) is 0 Å². The first-order valence-corrected chi connectivity index (χ1v) is 8.11. The molecule has 0 bridgehead atoms. The van der Waals surface area contributed by atoms with Gasteiger partial charge in [0.1, 0.15) is 0 Å². The zero-order chi connectivity index (χ0) is 14.8. The highest BCUT2D eigenvalue weighted by atomic mass is 32.2. The number of hydrogen-bond donors (Lipinski definition) is 1. The summed E-state index contributed by atoms with van der Waals surface area (Å²) in [5, 5.41) is 5.96. The molecular weight excluding hydrogens is 278 g/mol. The van der Waals surface area contributed by atoms with Gasteiger partial charge >= 0.3 is 0 Å². The lowest BCUT2D eigenvalue weighted by Gasteiger charge is -2.05. The molecule has 0 fully saturated rings. The van der Waals surface area contributed by atoms with Crippen molar-refractivity contribution in [2.75, 3.05) is 5.73 Å². The Kier molecular flexibility index (Phi) is 3.88. The Labute approximate surface area is 129 Å². The van der Waals surface area contributed by atoms with Crippen molar-refractivity contribution in [1.82, 2.24) is 9.78 Å². The molecule has 0 amide bonds. The van der Waals surface area contributed by atoms with Crippen LogP contribution in [0.15, 0.2) is 47.4 Å². The van der Waals surface area contributed by atoms with Crippen LogP contribution in [0.5, 0.6) is 0 Å². The van der Waals surface area contributed by atoms with E-state index in [1.807, 2.05) is 6.07 Å². The molecule has 0 unspecified atom stereocenters. The fraction of sp³-hybridized carbons (Fsp3) is 0.235. The summed E-state index contributed by atoms with van der Waals surface area (Å²) in [5.41, 5.74) is 10.4. The molecule has 0 radical (unpaired) electrons. The number of para-hydroxylation sites is 1. The Morgan fingerprint density at radius 2 is 2.00 bits per heavy atom. The van der Waals surface area contributed by atoms with Crippen molar-refractivity contribution in [2.24, 2.45) is 0 Å². The van der Waals surface area contributed by atoms with Crippen LogP contribution >= 0.6 is 11.8 Å². The maximum atomic E-state index is 6.08. The van der Waals surface area contributed by atoms with Crippen LogP contribution in [0, 0.1) is 6.92 Å². The molecule has 0 aliphatic rings. The standard InChI is InChI=1S/C17H19N3S/c1-3-20-16-7-5-4-6-13(16)15(19-20)11-21-17-9-8-12(2)10-14(17)18/h4-10H,3,11,18H2,1-2H3. The quantitative estimate of drug-likeness (QED) is 0.578. The Balaban J connectivity index is 1.88. The molecule has 4 heteroatoms. The lowest BCUT2D eigenvalue weighted by molar-refractivity contribution is 0.675. The highest BCUT2D eigenvalue weighted by Gasteiger charge is 2.10. The summed E-state index contributed by atoms with van der Waals surface area (Å²) in [6.07, 6.45) is 0. The molecule has 1 aromatic heterocycles. The SMILES string of the molecule is CCn1nc(CSc2ccc(C)cc2N)c2ccccc21. The van der Waals surface area contributed by atoms with Crippen LogP contribution in [-0.2, 0) is 12.3 Å². The number of hydrogen-bond acceptors (Lipinski definition) is 3. The van der Waals surface area contributed by atoms with Crippen molar-refractivity contribution < 1.29 is 0 Å². The number of thioether (sulfide) groups is 1. The second kappa shape index (κ2) is 5.82. The summed E-state index contributed by atoms with van der Waals surface area (Å²) in [4.78, 5) is 1.12. The first kappa shape index (κ1) is 14.0. The first-order valence-electron chi connectivity index (χ1n) is 7.12. The van der Waals surface area contributed by atoms with Crippen LogP contribution in [0.2, 0.25) is 0 Å². The van der Waals surface area contributed by atoms with Gasteiger partial charge in [-0.25, -0.2) is 0 Å². The maximum absolute atomic E-state index is 6.08. The number of anilines is 1. The fourth-order valence-electron chi connectivity index (χ4n) is 2.49. The minimum atomic E-state index is 0.834. The zero-order valence-electron chi connectivity index (χ0n) is 12.3. The molecule has 0 atom stereocenters. The summed E-state index contributed by atoms with van der Waals surface area (Å²) >= 11 is 1.75. The number of rotatable bonds is 4. The van der Waals surface area contributed by atoms with Gasteiger partial charge in [0.25, 0.3) is 0 Å². The lowest BCUT2D eigenvalue weighted by atomic mass is 10.2. The van der Waals surface area contributed by atoms with Gasteiger partial charge in [-0.3, -0.25) is 4.68 Å². The molecule has 2 aromatic carbocycles. The monoisotopic (exact) mass is 297 g/mol. The average molecular weight is 297 g/mol.